The van der Waals surface area contributed by atoms with E-state index in [4.69, 9.17) is 5.84 Å². The Balaban J connectivity index is 2.28. The van der Waals surface area contributed by atoms with E-state index in [2.05, 4.69) is 5.43 Å². The van der Waals surface area contributed by atoms with Crippen molar-refractivity contribution in [2.45, 2.75) is 19.4 Å². The largest absolute Gasteiger partial charge is 0.393 e. The fourth-order valence-corrected chi connectivity index (χ4v) is 2.56. The van der Waals surface area contributed by atoms with E-state index in [1.807, 2.05) is 0 Å². The zero-order valence-electron chi connectivity index (χ0n) is 11.7. The Morgan fingerprint density at radius 2 is 2.33 bits per heavy atom. The third kappa shape index (κ3) is 2.96. The summed E-state index contributed by atoms with van der Waals surface area (Å²) >= 11 is 0. The second kappa shape index (κ2) is 6.06. The highest BCUT2D eigenvalue weighted by molar-refractivity contribution is 6.01. The molecule has 0 aromatic heterocycles. The van der Waals surface area contributed by atoms with Crippen molar-refractivity contribution in [3.05, 3.63) is 33.9 Å². The molecule has 4 N–H and O–H groups in total. The Morgan fingerprint density at radius 3 is 2.86 bits per heavy atom. The van der Waals surface area contributed by atoms with Crippen LogP contribution in [-0.2, 0) is 0 Å². The van der Waals surface area contributed by atoms with Crippen LogP contribution in [0.4, 0.5) is 11.4 Å². The van der Waals surface area contributed by atoms with Crippen molar-refractivity contribution in [1.82, 2.24) is 4.90 Å². The van der Waals surface area contributed by atoms with Gasteiger partial charge in [0.2, 0.25) is 0 Å². The van der Waals surface area contributed by atoms with Crippen molar-refractivity contribution in [2.75, 3.05) is 18.5 Å². The van der Waals surface area contributed by atoms with Crippen LogP contribution in [0.2, 0.25) is 0 Å². The lowest BCUT2D eigenvalue weighted by molar-refractivity contribution is -0.384. The van der Waals surface area contributed by atoms with Crippen LogP contribution in [0, 0.1) is 16.0 Å². The van der Waals surface area contributed by atoms with Gasteiger partial charge in [-0.3, -0.25) is 20.8 Å². The first-order valence-electron chi connectivity index (χ1n) is 6.67. The fourth-order valence-electron chi connectivity index (χ4n) is 2.56. The number of hydrazine groups is 1. The Labute approximate surface area is 121 Å². The van der Waals surface area contributed by atoms with Gasteiger partial charge in [-0.25, -0.2) is 0 Å². The molecular weight excluding hydrogens is 276 g/mol. The summed E-state index contributed by atoms with van der Waals surface area (Å²) < 4.78 is 0. The first kappa shape index (κ1) is 15.2. The second-order valence-electron chi connectivity index (χ2n) is 5.14. The number of nitrogens with two attached hydrogens (primary N) is 1. The van der Waals surface area contributed by atoms with Gasteiger partial charge in [-0.1, -0.05) is 6.07 Å². The second-order valence-corrected chi connectivity index (χ2v) is 5.14. The predicted molar refractivity (Wildman–Crippen MR) is 76.6 cm³/mol. The van der Waals surface area contributed by atoms with Crippen molar-refractivity contribution < 1.29 is 14.8 Å². The SMILES string of the molecule is CC(O)C1CCN(C(=O)c2cccc([N+](=O)[O-])c2NN)C1. The van der Waals surface area contributed by atoms with Gasteiger partial charge in [-0.2, -0.15) is 0 Å². The molecule has 21 heavy (non-hydrogen) atoms. The Kier molecular flexibility index (Phi) is 4.39. The van der Waals surface area contributed by atoms with Crippen molar-refractivity contribution in [3.63, 3.8) is 0 Å². The molecule has 1 amide bonds. The number of amides is 1. The van der Waals surface area contributed by atoms with E-state index in [0.717, 1.165) is 0 Å². The number of nitro benzene ring substituents is 1. The molecule has 1 fully saturated rings. The van der Waals surface area contributed by atoms with Crippen LogP contribution in [0.1, 0.15) is 23.7 Å². The van der Waals surface area contributed by atoms with E-state index in [9.17, 15) is 20.0 Å². The lowest BCUT2D eigenvalue weighted by Crippen LogP contribution is -2.31. The minimum atomic E-state index is -0.589. The number of aliphatic hydroxyl groups is 1. The van der Waals surface area contributed by atoms with Crippen molar-refractivity contribution in [1.29, 1.82) is 0 Å². The zero-order valence-corrected chi connectivity index (χ0v) is 11.7. The minimum Gasteiger partial charge on any atom is -0.393 e. The minimum absolute atomic E-state index is 0.00740. The number of nitro groups is 1. The topological polar surface area (TPSA) is 122 Å². The molecular formula is C13H18N4O4. The maximum Gasteiger partial charge on any atom is 0.294 e. The molecule has 2 unspecified atom stereocenters. The van der Waals surface area contributed by atoms with Crippen LogP contribution in [-0.4, -0.2) is 40.0 Å². The molecule has 8 heteroatoms. The summed E-state index contributed by atoms with van der Waals surface area (Å²) in [6, 6.07) is 4.24. The molecule has 1 saturated heterocycles. The number of carbonyl (C=O) groups is 1. The van der Waals surface area contributed by atoms with Crippen molar-refractivity contribution >= 4 is 17.3 Å². The summed E-state index contributed by atoms with van der Waals surface area (Å²) in [6.45, 7) is 2.64. The molecule has 2 rings (SSSR count). The van der Waals surface area contributed by atoms with E-state index in [1.54, 1.807) is 11.8 Å². The van der Waals surface area contributed by atoms with Crippen LogP contribution >= 0.6 is 0 Å². The van der Waals surface area contributed by atoms with Gasteiger partial charge in [0.15, 0.2) is 0 Å². The normalized spacial score (nSPS) is 19.4. The molecule has 1 heterocycles. The number of para-hydroxylation sites is 1. The van der Waals surface area contributed by atoms with Gasteiger partial charge in [0, 0.05) is 25.1 Å². The third-order valence-electron chi connectivity index (χ3n) is 3.81. The van der Waals surface area contributed by atoms with E-state index in [1.165, 1.54) is 18.2 Å². The van der Waals surface area contributed by atoms with Gasteiger partial charge in [0.05, 0.1) is 16.6 Å². The standard InChI is InChI=1S/C13H18N4O4/c1-8(18)9-5-6-16(7-9)13(19)10-3-2-4-11(17(20)21)12(10)15-14/h2-4,8-9,15,18H,5-7,14H2,1H3. The number of anilines is 1. The molecule has 0 radical (unpaired) electrons. The monoisotopic (exact) mass is 294 g/mol. The zero-order chi connectivity index (χ0) is 15.6. The highest BCUT2D eigenvalue weighted by Gasteiger charge is 2.31. The average Bonchev–Trinajstić information content (AvgIpc) is 2.95. The van der Waals surface area contributed by atoms with Gasteiger partial charge in [-0.05, 0) is 19.4 Å². The first-order chi connectivity index (χ1) is 9.95. The molecule has 0 spiro atoms. The third-order valence-corrected chi connectivity index (χ3v) is 3.81. The van der Waals surface area contributed by atoms with Crippen molar-refractivity contribution in [3.8, 4) is 0 Å². The quantitative estimate of drug-likeness (QED) is 0.427. The van der Waals surface area contributed by atoms with Gasteiger partial charge < -0.3 is 15.4 Å². The number of rotatable bonds is 4. The number of hydrogen-bond donors (Lipinski definition) is 3. The predicted octanol–water partition coefficient (Wildman–Crippen LogP) is 0.723. The first-order valence-corrected chi connectivity index (χ1v) is 6.67. The fraction of sp³-hybridized carbons (Fsp3) is 0.462. The van der Waals surface area contributed by atoms with Crippen LogP contribution in [0.5, 0.6) is 0 Å². The smallest absolute Gasteiger partial charge is 0.294 e. The van der Waals surface area contributed by atoms with E-state index in [0.29, 0.717) is 19.5 Å². The summed E-state index contributed by atoms with van der Waals surface area (Å²) in [5, 5.41) is 20.6. The number of carbonyl (C=O) groups excluding carboxylic acids is 1. The van der Waals surface area contributed by atoms with Crippen LogP contribution in [0.25, 0.3) is 0 Å². The maximum absolute atomic E-state index is 12.5. The molecule has 1 aromatic carbocycles. The molecule has 114 valence electrons. The Morgan fingerprint density at radius 1 is 1.62 bits per heavy atom. The molecule has 0 aliphatic carbocycles. The number of aliphatic hydroxyl groups excluding tert-OH is 1. The Bertz CT molecular complexity index is 561. The van der Waals surface area contributed by atoms with Crippen LogP contribution < -0.4 is 11.3 Å². The number of likely N-dealkylation sites (tertiary alicyclic amines) is 1. The Hall–Kier alpha value is -2.19. The van der Waals surface area contributed by atoms with Gasteiger partial charge in [0.1, 0.15) is 5.69 Å². The molecule has 0 bridgehead atoms. The molecule has 1 aromatic rings. The van der Waals surface area contributed by atoms with Gasteiger partial charge in [0.25, 0.3) is 11.6 Å². The van der Waals surface area contributed by atoms with Gasteiger partial charge >= 0.3 is 0 Å². The van der Waals surface area contributed by atoms with E-state index >= 15 is 0 Å². The lowest BCUT2D eigenvalue weighted by Gasteiger charge is -2.19. The van der Waals surface area contributed by atoms with Crippen LogP contribution in [0.3, 0.4) is 0 Å². The summed E-state index contributed by atoms with van der Waals surface area (Å²) in [4.78, 5) is 24.5. The number of nitrogens with one attached hydrogen (secondary N) is 1. The summed E-state index contributed by atoms with van der Waals surface area (Å²) in [5.41, 5.74) is 2.18. The van der Waals surface area contributed by atoms with Crippen LogP contribution in [0.15, 0.2) is 18.2 Å². The summed E-state index contributed by atoms with van der Waals surface area (Å²) in [6.07, 6.45) is 0.226. The summed E-state index contributed by atoms with van der Waals surface area (Å²) in [5.74, 6) is 5.04. The highest BCUT2D eigenvalue weighted by atomic mass is 16.6. The molecule has 1 aliphatic rings. The number of benzene rings is 1. The lowest BCUT2D eigenvalue weighted by atomic mass is 10.0. The van der Waals surface area contributed by atoms with Crippen molar-refractivity contribution in [2.24, 2.45) is 11.8 Å². The number of hydrogen-bond acceptors (Lipinski definition) is 6. The van der Waals surface area contributed by atoms with E-state index < -0.39 is 11.0 Å². The average molecular weight is 294 g/mol. The van der Waals surface area contributed by atoms with E-state index in [-0.39, 0.29) is 28.8 Å². The molecule has 1 aliphatic heterocycles. The molecule has 8 nitrogen and oxygen atoms in total. The number of nitrogens with zero attached hydrogens (tertiary/aromatic N) is 2. The van der Waals surface area contributed by atoms with Gasteiger partial charge in [-0.15, -0.1) is 0 Å². The molecule has 2 atom stereocenters. The molecule has 0 saturated carbocycles. The summed E-state index contributed by atoms with van der Waals surface area (Å²) in [7, 11) is 0. The maximum atomic E-state index is 12.5. The highest BCUT2D eigenvalue weighted by Crippen LogP contribution is 2.30. The number of nitrogen functional groups attached to an aromatic ring is 1.